The van der Waals surface area contributed by atoms with Crippen LogP contribution in [0.15, 0.2) is 24.3 Å². The number of nitrogens with zero attached hydrogens (tertiary/aromatic N) is 2. The van der Waals surface area contributed by atoms with E-state index in [0.717, 1.165) is 0 Å². The second kappa shape index (κ2) is 34.6. The Hall–Kier alpha value is -0.860. The lowest BCUT2D eigenvalue weighted by Gasteiger charge is -2.36. The van der Waals surface area contributed by atoms with Crippen molar-refractivity contribution in [1.29, 1.82) is 0 Å². The fourth-order valence-corrected chi connectivity index (χ4v) is 8.68. The van der Waals surface area contributed by atoms with Crippen molar-refractivity contribution in [3.05, 3.63) is 35.4 Å². The van der Waals surface area contributed by atoms with E-state index in [1.165, 1.54) is 254 Å². The molecule has 0 N–H and O–H groups in total. The van der Waals surface area contributed by atoms with Crippen molar-refractivity contribution in [2.45, 2.75) is 246 Å². The zero-order valence-electron chi connectivity index (χ0n) is 37.1. The zero-order valence-corrected chi connectivity index (χ0v) is 37.1. The molecule has 306 valence electrons. The molecule has 0 heterocycles. The number of unbranched alkanes of at least 4 members (excludes halogenated alkanes) is 28. The van der Waals surface area contributed by atoms with E-state index in [-0.39, 0.29) is 0 Å². The Labute approximate surface area is 329 Å². The fourth-order valence-electron chi connectivity index (χ4n) is 8.68. The molecule has 0 saturated heterocycles. The van der Waals surface area contributed by atoms with Gasteiger partial charge in [0.2, 0.25) is 0 Å². The van der Waals surface area contributed by atoms with Crippen molar-refractivity contribution in [3.63, 3.8) is 0 Å². The third-order valence-corrected chi connectivity index (χ3v) is 12.4. The van der Waals surface area contributed by atoms with E-state index in [1.807, 2.05) is 0 Å². The SMILES string of the molecule is CCCCCCCCCC[N+](C)(CCCCCCCCCC)Cc1ccc(C[N+](C)(CCCCCCCCCC)CCCCCCCCCC)cc1. The number of hydrogen-bond acceptors (Lipinski definition) is 0. The summed E-state index contributed by atoms with van der Waals surface area (Å²) in [6.07, 6.45) is 45.4. The van der Waals surface area contributed by atoms with Crippen LogP contribution in [0, 0.1) is 0 Å². The molecule has 0 unspecified atom stereocenters. The highest BCUT2D eigenvalue weighted by Gasteiger charge is 2.24. The summed E-state index contributed by atoms with van der Waals surface area (Å²) in [4.78, 5) is 0. The van der Waals surface area contributed by atoms with Crippen LogP contribution in [0.25, 0.3) is 0 Å². The normalized spacial score (nSPS) is 12.3. The predicted molar refractivity (Wildman–Crippen MR) is 236 cm³/mol. The minimum atomic E-state index is 1.20. The average molecular weight is 727 g/mol. The molecule has 1 rings (SSSR count). The Balaban J connectivity index is 2.76. The summed E-state index contributed by atoms with van der Waals surface area (Å²) in [7, 11) is 5.16. The van der Waals surface area contributed by atoms with Gasteiger partial charge in [-0.2, -0.15) is 0 Å². The minimum absolute atomic E-state index is 1.20. The molecule has 0 aliphatic rings. The van der Waals surface area contributed by atoms with E-state index in [1.54, 1.807) is 11.1 Å². The third kappa shape index (κ3) is 28.6. The fraction of sp³-hybridized carbons (Fsp3) is 0.880. The van der Waals surface area contributed by atoms with E-state index in [9.17, 15) is 0 Å². The van der Waals surface area contributed by atoms with Gasteiger partial charge in [-0.05, 0) is 51.4 Å². The number of benzene rings is 1. The molecule has 0 fully saturated rings. The third-order valence-electron chi connectivity index (χ3n) is 12.4. The molecule has 2 heteroatoms. The topological polar surface area (TPSA) is 0 Å². The van der Waals surface area contributed by atoms with Crippen LogP contribution in [0.3, 0.4) is 0 Å². The predicted octanol–water partition coefficient (Wildman–Crippen LogP) is 16.1. The average Bonchev–Trinajstić information content (AvgIpc) is 3.14. The van der Waals surface area contributed by atoms with Gasteiger partial charge in [0, 0.05) is 11.1 Å². The van der Waals surface area contributed by atoms with Gasteiger partial charge in [-0.1, -0.05) is 206 Å². The summed E-state index contributed by atoms with van der Waals surface area (Å²) >= 11 is 0. The molecule has 0 spiro atoms. The quantitative estimate of drug-likeness (QED) is 0.0467. The van der Waals surface area contributed by atoms with E-state index < -0.39 is 0 Å². The molecular weight excluding hydrogens is 629 g/mol. The van der Waals surface area contributed by atoms with Gasteiger partial charge in [-0.25, -0.2) is 0 Å². The number of quaternary nitrogens is 2. The first-order chi connectivity index (χ1) is 25.4. The summed E-state index contributed by atoms with van der Waals surface area (Å²) in [6, 6.07) is 10.1. The lowest BCUT2D eigenvalue weighted by atomic mass is 10.0. The van der Waals surface area contributed by atoms with Crippen LogP contribution in [0.2, 0.25) is 0 Å². The van der Waals surface area contributed by atoms with Crippen LogP contribution in [-0.2, 0) is 13.1 Å². The maximum Gasteiger partial charge on any atom is 0.104 e. The van der Waals surface area contributed by atoms with Gasteiger partial charge in [0.15, 0.2) is 0 Å². The van der Waals surface area contributed by atoms with E-state index in [0.29, 0.717) is 0 Å². The van der Waals surface area contributed by atoms with E-state index in [2.05, 4.69) is 66.1 Å². The zero-order chi connectivity index (χ0) is 37.9. The largest absolute Gasteiger partial charge is 0.322 e. The van der Waals surface area contributed by atoms with Gasteiger partial charge in [0.1, 0.15) is 13.1 Å². The van der Waals surface area contributed by atoms with Gasteiger partial charge in [0.25, 0.3) is 0 Å². The molecule has 0 amide bonds. The van der Waals surface area contributed by atoms with Crippen molar-refractivity contribution in [1.82, 2.24) is 0 Å². The van der Waals surface area contributed by atoms with E-state index in [4.69, 9.17) is 0 Å². The molecule has 1 aromatic rings. The summed E-state index contributed by atoms with van der Waals surface area (Å²) in [5, 5.41) is 0. The molecule has 0 saturated carbocycles. The molecule has 0 aliphatic carbocycles. The number of rotatable bonds is 40. The Morgan fingerprint density at radius 1 is 0.269 bits per heavy atom. The van der Waals surface area contributed by atoms with Crippen molar-refractivity contribution in [2.75, 3.05) is 40.3 Å². The first-order valence-corrected chi connectivity index (χ1v) is 24.1. The first-order valence-electron chi connectivity index (χ1n) is 24.1. The Kier molecular flexibility index (Phi) is 32.7. The monoisotopic (exact) mass is 727 g/mol. The highest BCUT2D eigenvalue weighted by Crippen LogP contribution is 2.22. The van der Waals surface area contributed by atoms with Crippen molar-refractivity contribution in [3.8, 4) is 0 Å². The van der Waals surface area contributed by atoms with Crippen LogP contribution < -0.4 is 0 Å². The summed E-state index contributed by atoms with van der Waals surface area (Å²) < 4.78 is 2.46. The molecule has 0 bridgehead atoms. The molecule has 0 atom stereocenters. The van der Waals surface area contributed by atoms with Crippen LogP contribution >= 0.6 is 0 Å². The van der Waals surface area contributed by atoms with Gasteiger partial charge >= 0.3 is 0 Å². The second-order valence-corrected chi connectivity index (χ2v) is 18.2. The Bertz CT molecular complexity index is 749. The van der Waals surface area contributed by atoms with Crippen LogP contribution in [0.1, 0.15) is 244 Å². The standard InChI is InChI=1S/C50H98N2/c1-7-11-15-19-23-27-31-35-43-51(5,44-36-32-28-24-20-16-12-8-2)47-49-39-41-50(42-40-49)48-52(6,45-37-33-29-25-21-17-13-9-3)46-38-34-30-26-22-18-14-10-4/h39-42H,7-38,43-48H2,1-6H3/q+2. The smallest absolute Gasteiger partial charge is 0.104 e. The summed E-state index contributed by atoms with van der Waals surface area (Å²) in [6.45, 7) is 17.1. The molecule has 52 heavy (non-hydrogen) atoms. The van der Waals surface area contributed by atoms with Crippen LogP contribution in [0.4, 0.5) is 0 Å². The minimum Gasteiger partial charge on any atom is -0.322 e. The maximum atomic E-state index is 2.58. The van der Waals surface area contributed by atoms with Gasteiger partial charge < -0.3 is 8.97 Å². The lowest BCUT2D eigenvalue weighted by Crippen LogP contribution is -2.45. The second-order valence-electron chi connectivity index (χ2n) is 18.2. The Morgan fingerprint density at radius 3 is 0.635 bits per heavy atom. The van der Waals surface area contributed by atoms with E-state index >= 15 is 0 Å². The molecule has 2 nitrogen and oxygen atoms in total. The van der Waals surface area contributed by atoms with Crippen LogP contribution in [0.5, 0.6) is 0 Å². The molecule has 0 aliphatic heterocycles. The van der Waals surface area contributed by atoms with Crippen molar-refractivity contribution >= 4 is 0 Å². The molecule has 0 radical (unpaired) electrons. The van der Waals surface area contributed by atoms with Crippen LogP contribution in [-0.4, -0.2) is 49.2 Å². The van der Waals surface area contributed by atoms with Gasteiger partial charge in [-0.3, -0.25) is 0 Å². The highest BCUT2D eigenvalue weighted by atomic mass is 15.3. The van der Waals surface area contributed by atoms with Crippen molar-refractivity contribution in [2.24, 2.45) is 0 Å². The Morgan fingerprint density at radius 2 is 0.442 bits per heavy atom. The lowest BCUT2D eigenvalue weighted by molar-refractivity contribution is -0.923. The first kappa shape index (κ1) is 49.2. The van der Waals surface area contributed by atoms with Gasteiger partial charge in [-0.15, -0.1) is 0 Å². The molecule has 0 aromatic heterocycles. The maximum absolute atomic E-state index is 2.58. The summed E-state index contributed by atoms with van der Waals surface area (Å²) in [5.74, 6) is 0. The summed E-state index contributed by atoms with van der Waals surface area (Å²) in [5.41, 5.74) is 3.12. The number of hydrogen-bond donors (Lipinski definition) is 0. The highest BCUT2D eigenvalue weighted by molar-refractivity contribution is 5.21. The van der Waals surface area contributed by atoms with Crippen molar-refractivity contribution < 1.29 is 8.97 Å². The molecule has 1 aromatic carbocycles. The molecular formula is C50H98N2+2. The van der Waals surface area contributed by atoms with Gasteiger partial charge in [0.05, 0.1) is 40.3 Å².